The molecule has 5 nitrogen and oxygen atoms in total. The third-order valence-corrected chi connectivity index (χ3v) is 4.56. The molecule has 0 aliphatic rings. The number of aromatic amines is 1. The van der Waals surface area contributed by atoms with Crippen LogP contribution in [0.5, 0.6) is 0 Å². The Labute approximate surface area is 159 Å². The van der Waals surface area contributed by atoms with Crippen LogP contribution in [0.25, 0.3) is 0 Å². The van der Waals surface area contributed by atoms with Crippen molar-refractivity contribution in [3.05, 3.63) is 91.3 Å². The fourth-order valence-electron chi connectivity index (χ4n) is 2.70. The average Bonchev–Trinajstić information content (AvgIpc) is 2.88. The minimum atomic E-state index is -0.570. The van der Waals surface area contributed by atoms with Crippen LogP contribution in [0.2, 0.25) is 10.0 Å². The molecule has 132 valence electrons. The first-order valence-electron chi connectivity index (χ1n) is 7.74. The Balaban J connectivity index is 2.02. The molecule has 7 heteroatoms. The molecule has 0 radical (unpaired) electrons. The van der Waals surface area contributed by atoms with E-state index in [2.05, 4.69) is 5.10 Å². The molecule has 0 spiro atoms. The number of aryl methyl sites for hydroxylation is 1. The number of rotatable bonds is 5. The third-order valence-electron chi connectivity index (χ3n) is 4.02. The van der Waals surface area contributed by atoms with E-state index in [4.69, 9.17) is 23.2 Å². The number of halogens is 2. The first-order valence-corrected chi connectivity index (χ1v) is 8.50. The van der Waals surface area contributed by atoms with Gasteiger partial charge in [0, 0.05) is 23.2 Å². The summed E-state index contributed by atoms with van der Waals surface area (Å²) >= 11 is 12.0. The minimum Gasteiger partial charge on any atom is -0.294 e. The smallest absolute Gasteiger partial charge is 0.275 e. The molecule has 1 heterocycles. The fraction of sp³-hybridized carbons (Fsp3) is 0.105. The molecule has 0 amide bonds. The van der Waals surface area contributed by atoms with E-state index in [0.29, 0.717) is 16.3 Å². The molecule has 0 unspecified atom stereocenters. The van der Waals surface area contributed by atoms with Crippen molar-refractivity contribution in [2.45, 2.75) is 6.42 Å². The monoisotopic (exact) mass is 388 g/mol. The zero-order chi connectivity index (χ0) is 18.8. The molecule has 2 aromatic carbocycles. The van der Waals surface area contributed by atoms with Crippen molar-refractivity contribution >= 4 is 34.8 Å². The zero-order valence-electron chi connectivity index (χ0n) is 13.8. The second-order valence-corrected chi connectivity index (χ2v) is 6.58. The molecule has 3 aromatic rings. The molecule has 3 rings (SSSR count). The van der Waals surface area contributed by atoms with E-state index < -0.39 is 11.3 Å². The fourth-order valence-corrected chi connectivity index (χ4v) is 3.20. The Morgan fingerprint density at radius 2 is 1.77 bits per heavy atom. The maximum Gasteiger partial charge on any atom is 0.275 e. The van der Waals surface area contributed by atoms with Crippen molar-refractivity contribution in [2.75, 3.05) is 0 Å². The summed E-state index contributed by atoms with van der Waals surface area (Å²) in [6.45, 7) is 0. The van der Waals surface area contributed by atoms with Crippen molar-refractivity contribution in [1.82, 2.24) is 9.78 Å². The van der Waals surface area contributed by atoms with Gasteiger partial charge in [0.1, 0.15) is 5.56 Å². The Kier molecular flexibility index (Phi) is 5.11. The molecule has 0 aliphatic heterocycles. The molecule has 0 saturated heterocycles. The van der Waals surface area contributed by atoms with Gasteiger partial charge in [-0.2, -0.15) is 0 Å². The third kappa shape index (κ3) is 3.49. The molecular formula is C19H14Cl2N2O3. The predicted octanol–water partition coefficient (Wildman–Crippen LogP) is 3.68. The van der Waals surface area contributed by atoms with E-state index in [9.17, 15) is 14.4 Å². The van der Waals surface area contributed by atoms with Crippen molar-refractivity contribution in [1.29, 1.82) is 0 Å². The molecule has 0 bridgehead atoms. The minimum absolute atomic E-state index is 0.0917. The maximum absolute atomic E-state index is 12.9. The highest BCUT2D eigenvalue weighted by Crippen LogP contribution is 2.24. The lowest BCUT2D eigenvalue weighted by molar-refractivity contribution is 0.0990. The van der Waals surface area contributed by atoms with Crippen LogP contribution in [0.1, 0.15) is 32.0 Å². The lowest BCUT2D eigenvalue weighted by atomic mass is 9.99. The number of ketones is 2. The summed E-state index contributed by atoms with van der Waals surface area (Å²) in [6.07, 6.45) is -0.0917. The summed E-state index contributed by atoms with van der Waals surface area (Å²) in [7, 11) is 1.58. The van der Waals surface area contributed by atoms with E-state index in [1.807, 2.05) is 0 Å². The van der Waals surface area contributed by atoms with Gasteiger partial charge in [-0.25, -0.2) is 0 Å². The standard InChI is InChI=1S/C19H14Cl2N2O3/c1-23-15(10-16(24)11-5-3-2-4-6-11)17(19(26)22-23)18(25)13-8-7-12(20)9-14(13)21/h2-9H,10H2,1H3,(H,22,26). The van der Waals surface area contributed by atoms with E-state index >= 15 is 0 Å². The first kappa shape index (κ1) is 18.2. The number of carbonyl (C=O) groups is 2. The van der Waals surface area contributed by atoms with Crippen LogP contribution in [0.3, 0.4) is 0 Å². The van der Waals surface area contributed by atoms with Gasteiger partial charge in [-0.05, 0) is 18.2 Å². The second-order valence-electron chi connectivity index (χ2n) is 5.74. The zero-order valence-corrected chi connectivity index (χ0v) is 15.3. The van der Waals surface area contributed by atoms with Crippen LogP contribution >= 0.6 is 23.2 Å². The van der Waals surface area contributed by atoms with Gasteiger partial charge in [-0.15, -0.1) is 0 Å². The highest BCUT2D eigenvalue weighted by atomic mass is 35.5. The second kappa shape index (κ2) is 7.32. The molecule has 1 N–H and O–H groups in total. The lowest BCUT2D eigenvalue weighted by Crippen LogP contribution is -2.17. The van der Waals surface area contributed by atoms with Crippen LogP contribution < -0.4 is 5.56 Å². The Morgan fingerprint density at radius 1 is 1.08 bits per heavy atom. The van der Waals surface area contributed by atoms with Gasteiger partial charge >= 0.3 is 0 Å². The summed E-state index contributed by atoms with van der Waals surface area (Å²) in [5.41, 5.74) is 0.297. The number of H-pyrrole nitrogens is 1. The average molecular weight is 389 g/mol. The van der Waals surface area contributed by atoms with Gasteiger partial charge in [-0.3, -0.25) is 24.2 Å². The Hall–Kier alpha value is -2.63. The highest BCUT2D eigenvalue weighted by molar-refractivity contribution is 6.37. The van der Waals surface area contributed by atoms with Gasteiger partial charge in [0.2, 0.25) is 5.78 Å². The molecule has 0 aliphatic carbocycles. The lowest BCUT2D eigenvalue weighted by Gasteiger charge is -2.07. The van der Waals surface area contributed by atoms with Crippen molar-refractivity contribution in [3.8, 4) is 0 Å². The number of nitrogens with zero attached hydrogens (tertiary/aromatic N) is 1. The molecule has 0 saturated carbocycles. The maximum atomic E-state index is 12.9. The van der Waals surface area contributed by atoms with Gasteiger partial charge in [0.15, 0.2) is 5.78 Å². The van der Waals surface area contributed by atoms with Crippen molar-refractivity contribution in [2.24, 2.45) is 7.05 Å². The van der Waals surface area contributed by atoms with E-state index in [0.717, 1.165) is 0 Å². The van der Waals surface area contributed by atoms with E-state index in [1.165, 1.54) is 22.9 Å². The van der Waals surface area contributed by atoms with Gasteiger partial charge in [0.05, 0.1) is 17.1 Å². The summed E-state index contributed by atoms with van der Waals surface area (Å²) in [5.74, 6) is -0.749. The predicted molar refractivity (Wildman–Crippen MR) is 100 cm³/mol. The summed E-state index contributed by atoms with van der Waals surface area (Å²) < 4.78 is 1.39. The topological polar surface area (TPSA) is 71.9 Å². The van der Waals surface area contributed by atoms with Crippen LogP contribution in [0.15, 0.2) is 53.3 Å². The Bertz CT molecular complexity index is 1050. The van der Waals surface area contributed by atoms with Crippen LogP contribution in [0.4, 0.5) is 0 Å². The number of hydrogen-bond acceptors (Lipinski definition) is 3. The van der Waals surface area contributed by atoms with Gasteiger partial charge in [-0.1, -0.05) is 53.5 Å². The Morgan fingerprint density at radius 3 is 2.42 bits per heavy atom. The highest BCUT2D eigenvalue weighted by Gasteiger charge is 2.25. The van der Waals surface area contributed by atoms with Crippen LogP contribution in [-0.2, 0) is 13.5 Å². The summed E-state index contributed by atoms with van der Waals surface area (Å²) in [4.78, 5) is 37.7. The van der Waals surface area contributed by atoms with Gasteiger partial charge in [0.25, 0.3) is 5.56 Å². The summed E-state index contributed by atoms with van der Waals surface area (Å²) in [5, 5.41) is 3.06. The molecule has 1 aromatic heterocycles. The molecule has 26 heavy (non-hydrogen) atoms. The van der Waals surface area contributed by atoms with Crippen LogP contribution in [-0.4, -0.2) is 21.3 Å². The largest absolute Gasteiger partial charge is 0.294 e. The number of benzene rings is 2. The molecular weight excluding hydrogens is 375 g/mol. The van der Waals surface area contributed by atoms with E-state index in [1.54, 1.807) is 37.4 Å². The number of Topliss-reactive ketones (excluding diaryl/α,β-unsaturated/α-hetero) is 1. The van der Waals surface area contributed by atoms with Crippen molar-refractivity contribution in [3.63, 3.8) is 0 Å². The van der Waals surface area contributed by atoms with E-state index in [-0.39, 0.29) is 28.4 Å². The normalized spacial score (nSPS) is 10.7. The molecule has 0 fully saturated rings. The number of hydrogen-bond donors (Lipinski definition) is 1. The van der Waals surface area contributed by atoms with Crippen LogP contribution in [0, 0.1) is 0 Å². The molecule has 0 atom stereocenters. The summed E-state index contributed by atoms with van der Waals surface area (Å²) in [6, 6.07) is 13.1. The number of nitrogens with one attached hydrogen (secondary N) is 1. The number of aromatic nitrogens is 2. The number of carbonyl (C=O) groups excluding carboxylic acids is 2. The SMILES string of the molecule is Cn1[nH]c(=O)c(C(=O)c2ccc(Cl)cc2Cl)c1CC(=O)c1ccccc1. The van der Waals surface area contributed by atoms with Gasteiger partial charge < -0.3 is 0 Å². The first-order chi connectivity index (χ1) is 12.4. The quantitative estimate of drug-likeness (QED) is 0.677. The van der Waals surface area contributed by atoms with Crippen molar-refractivity contribution < 1.29 is 9.59 Å².